The molecule has 0 saturated heterocycles. The summed E-state index contributed by atoms with van der Waals surface area (Å²) in [7, 11) is 0. The van der Waals surface area contributed by atoms with Gasteiger partial charge in [0.15, 0.2) is 0 Å². The van der Waals surface area contributed by atoms with E-state index in [1.807, 2.05) is 25.1 Å². The standard InChI is InChI=1S/C15H20BrNO/c1-11-6-8-13(10-14(11)16)17-15(18)9-7-12-4-2-3-5-12/h6,8,10,12H,2-5,7,9H2,1H3,(H,17,18). The van der Waals surface area contributed by atoms with Crippen LogP contribution in [0.3, 0.4) is 0 Å². The van der Waals surface area contributed by atoms with Crippen LogP contribution >= 0.6 is 15.9 Å². The summed E-state index contributed by atoms with van der Waals surface area (Å²) in [6.07, 6.45) is 7.00. The van der Waals surface area contributed by atoms with E-state index in [4.69, 9.17) is 0 Å². The molecule has 0 aromatic heterocycles. The lowest BCUT2D eigenvalue weighted by molar-refractivity contribution is -0.116. The number of carbonyl (C=O) groups is 1. The zero-order valence-corrected chi connectivity index (χ0v) is 12.4. The number of halogens is 1. The zero-order valence-electron chi connectivity index (χ0n) is 10.8. The van der Waals surface area contributed by atoms with Crippen LogP contribution in [0.1, 0.15) is 44.1 Å². The summed E-state index contributed by atoms with van der Waals surface area (Å²) < 4.78 is 1.04. The van der Waals surface area contributed by atoms with Gasteiger partial charge in [0.2, 0.25) is 5.91 Å². The van der Waals surface area contributed by atoms with Crippen LogP contribution < -0.4 is 5.32 Å². The highest BCUT2D eigenvalue weighted by Gasteiger charge is 2.16. The smallest absolute Gasteiger partial charge is 0.224 e. The Kier molecular flexibility index (Phi) is 4.81. The summed E-state index contributed by atoms with van der Waals surface area (Å²) >= 11 is 3.48. The Morgan fingerprint density at radius 3 is 2.78 bits per heavy atom. The Balaban J connectivity index is 1.80. The molecule has 2 nitrogen and oxygen atoms in total. The number of benzene rings is 1. The Morgan fingerprint density at radius 2 is 2.11 bits per heavy atom. The first-order valence-corrected chi connectivity index (χ1v) is 7.50. The van der Waals surface area contributed by atoms with E-state index in [2.05, 4.69) is 21.2 Å². The van der Waals surface area contributed by atoms with Gasteiger partial charge in [-0.05, 0) is 37.0 Å². The van der Waals surface area contributed by atoms with Crippen molar-refractivity contribution in [3.05, 3.63) is 28.2 Å². The number of hydrogen-bond donors (Lipinski definition) is 1. The molecule has 1 saturated carbocycles. The molecule has 1 N–H and O–H groups in total. The molecule has 0 spiro atoms. The zero-order chi connectivity index (χ0) is 13.0. The molecule has 1 aromatic rings. The third-order valence-electron chi connectivity index (χ3n) is 3.71. The maximum absolute atomic E-state index is 11.8. The van der Waals surface area contributed by atoms with Crippen molar-refractivity contribution in [1.29, 1.82) is 0 Å². The van der Waals surface area contributed by atoms with Crippen LogP contribution in [0, 0.1) is 12.8 Å². The average molecular weight is 310 g/mol. The van der Waals surface area contributed by atoms with Crippen LogP contribution in [0.5, 0.6) is 0 Å². The predicted octanol–water partition coefficient (Wildman–Crippen LogP) is 4.67. The van der Waals surface area contributed by atoms with Gasteiger partial charge in [0.05, 0.1) is 0 Å². The highest BCUT2D eigenvalue weighted by atomic mass is 79.9. The van der Waals surface area contributed by atoms with Crippen molar-refractivity contribution < 1.29 is 4.79 Å². The van der Waals surface area contributed by atoms with Gasteiger partial charge in [0.25, 0.3) is 0 Å². The largest absolute Gasteiger partial charge is 0.326 e. The summed E-state index contributed by atoms with van der Waals surface area (Å²) in [6, 6.07) is 5.92. The van der Waals surface area contributed by atoms with Crippen molar-refractivity contribution in [2.75, 3.05) is 5.32 Å². The van der Waals surface area contributed by atoms with Crippen molar-refractivity contribution in [3.8, 4) is 0 Å². The molecule has 0 radical (unpaired) electrons. The molecule has 18 heavy (non-hydrogen) atoms. The Labute approximate surface area is 117 Å². The molecule has 3 heteroatoms. The van der Waals surface area contributed by atoms with Crippen LogP contribution in [-0.4, -0.2) is 5.91 Å². The Hall–Kier alpha value is -0.830. The molecule has 2 rings (SSSR count). The van der Waals surface area contributed by atoms with Gasteiger partial charge in [-0.25, -0.2) is 0 Å². The predicted molar refractivity (Wildman–Crippen MR) is 78.7 cm³/mol. The van der Waals surface area contributed by atoms with Crippen LogP contribution in [-0.2, 0) is 4.79 Å². The lowest BCUT2D eigenvalue weighted by atomic mass is 10.0. The van der Waals surface area contributed by atoms with E-state index in [1.165, 1.54) is 31.2 Å². The molecule has 1 fully saturated rings. The number of aryl methyl sites for hydroxylation is 1. The highest BCUT2D eigenvalue weighted by Crippen LogP contribution is 2.28. The fourth-order valence-electron chi connectivity index (χ4n) is 2.53. The van der Waals surface area contributed by atoms with Gasteiger partial charge in [0.1, 0.15) is 0 Å². The summed E-state index contributed by atoms with van der Waals surface area (Å²) in [5, 5.41) is 2.96. The van der Waals surface area contributed by atoms with Gasteiger partial charge in [0, 0.05) is 16.6 Å². The lowest BCUT2D eigenvalue weighted by Gasteiger charge is -2.10. The SMILES string of the molecule is Cc1ccc(NC(=O)CCC2CCCC2)cc1Br. The Morgan fingerprint density at radius 1 is 1.39 bits per heavy atom. The van der Waals surface area contributed by atoms with E-state index in [0.29, 0.717) is 6.42 Å². The van der Waals surface area contributed by atoms with E-state index in [0.717, 1.165) is 22.5 Å². The highest BCUT2D eigenvalue weighted by molar-refractivity contribution is 9.10. The fourth-order valence-corrected chi connectivity index (χ4v) is 2.91. The van der Waals surface area contributed by atoms with Crippen LogP contribution in [0.2, 0.25) is 0 Å². The molecule has 0 heterocycles. The maximum Gasteiger partial charge on any atom is 0.224 e. The van der Waals surface area contributed by atoms with Gasteiger partial charge in [-0.3, -0.25) is 4.79 Å². The van der Waals surface area contributed by atoms with E-state index < -0.39 is 0 Å². The molecule has 1 aromatic carbocycles. The first-order chi connectivity index (χ1) is 8.65. The van der Waals surface area contributed by atoms with Crippen LogP contribution in [0.25, 0.3) is 0 Å². The van der Waals surface area contributed by atoms with E-state index in [-0.39, 0.29) is 5.91 Å². The maximum atomic E-state index is 11.8. The van der Waals surface area contributed by atoms with E-state index in [9.17, 15) is 4.79 Å². The minimum Gasteiger partial charge on any atom is -0.326 e. The van der Waals surface area contributed by atoms with Gasteiger partial charge in [-0.1, -0.05) is 47.7 Å². The second kappa shape index (κ2) is 6.37. The van der Waals surface area contributed by atoms with Gasteiger partial charge >= 0.3 is 0 Å². The summed E-state index contributed by atoms with van der Waals surface area (Å²) in [5.74, 6) is 0.915. The molecule has 98 valence electrons. The lowest BCUT2D eigenvalue weighted by Crippen LogP contribution is -2.12. The van der Waals surface area contributed by atoms with E-state index >= 15 is 0 Å². The second-order valence-electron chi connectivity index (χ2n) is 5.20. The molecule has 0 unspecified atom stereocenters. The molecule has 1 aliphatic carbocycles. The number of nitrogens with one attached hydrogen (secondary N) is 1. The molecule has 1 aliphatic rings. The van der Waals surface area contributed by atoms with Crippen molar-refractivity contribution >= 4 is 27.5 Å². The summed E-state index contributed by atoms with van der Waals surface area (Å²) in [6.45, 7) is 2.04. The van der Waals surface area contributed by atoms with Gasteiger partial charge < -0.3 is 5.32 Å². The average Bonchev–Trinajstić information content (AvgIpc) is 2.84. The molecule has 0 bridgehead atoms. The topological polar surface area (TPSA) is 29.1 Å². The minimum atomic E-state index is 0.137. The Bertz CT molecular complexity index is 425. The molecular weight excluding hydrogens is 290 g/mol. The number of hydrogen-bond acceptors (Lipinski definition) is 1. The third-order valence-corrected chi connectivity index (χ3v) is 4.56. The second-order valence-corrected chi connectivity index (χ2v) is 6.06. The molecule has 1 amide bonds. The normalized spacial score (nSPS) is 15.9. The first kappa shape index (κ1) is 13.6. The quantitative estimate of drug-likeness (QED) is 0.860. The van der Waals surface area contributed by atoms with Crippen LogP contribution in [0.15, 0.2) is 22.7 Å². The molecular formula is C15H20BrNO. The monoisotopic (exact) mass is 309 g/mol. The van der Waals surface area contributed by atoms with Crippen molar-refractivity contribution in [1.82, 2.24) is 0 Å². The molecule has 0 aliphatic heterocycles. The minimum absolute atomic E-state index is 0.137. The van der Waals surface area contributed by atoms with Crippen molar-refractivity contribution in [3.63, 3.8) is 0 Å². The first-order valence-electron chi connectivity index (χ1n) is 6.71. The van der Waals surface area contributed by atoms with Crippen LogP contribution in [0.4, 0.5) is 5.69 Å². The number of anilines is 1. The van der Waals surface area contributed by atoms with Gasteiger partial charge in [-0.15, -0.1) is 0 Å². The van der Waals surface area contributed by atoms with Crippen molar-refractivity contribution in [2.24, 2.45) is 5.92 Å². The third kappa shape index (κ3) is 3.84. The summed E-state index contributed by atoms with van der Waals surface area (Å²) in [4.78, 5) is 11.8. The summed E-state index contributed by atoms with van der Waals surface area (Å²) in [5.41, 5.74) is 2.06. The van der Waals surface area contributed by atoms with Gasteiger partial charge in [-0.2, -0.15) is 0 Å². The fraction of sp³-hybridized carbons (Fsp3) is 0.533. The number of amides is 1. The number of rotatable bonds is 4. The van der Waals surface area contributed by atoms with Crippen molar-refractivity contribution in [2.45, 2.75) is 45.4 Å². The van der Waals surface area contributed by atoms with E-state index in [1.54, 1.807) is 0 Å². The molecule has 0 atom stereocenters. The number of carbonyl (C=O) groups excluding carboxylic acids is 1.